The van der Waals surface area contributed by atoms with Crippen LogP contribution in [0.3, 0.4) is 0 Å². The zero-order valence-corrected chi connectivity index (χ0v) is 22.7. The molecule has 3 aromatic rings. The Morgan fingerprint density at radius 2 is 1.87 bits per heavy atom. The lowest BCUT2D eigenvalue weighted by molar-refractivity contribution is 0.187. The zero-order chi connectivity index (χ0) is 26.1. The molecule has 0 amide bonds. The van der Waals surface area contributed by atoms with Gasteiger partial charge in [0.05, 0.1) is 12.2 Å². The minimum atomic E-state index is 0.405. The first-order valence-electron chi connectivity index (χ1n) is 14.1. The summed E-state index contributed by atoms with van der Waals surface area (Å²) in [5.41, 5.74) is 4.91. The molecule has 1 unspecified atom stereocenters. The van der Waals surface area contributed by atoms with Crippen molar-refractivity contribution < 1.29 is 4.74 Å². The molecule has 3 aliphatic heterocycles. The van der Waals surface area contributed by atoms with E-state index in [1.165, 1.54) is 34.0 Å². The Hall–Kier alpha value is -3.37. The topological polar surface area (TPSA) is 49.1 Å². The molecule has 0 bridgehead atoms. The Morgan fingerprint density at radius 3 is 2.68 bits per heavy atom. The molecule has 2 fully saturated rings. The SMILES string of the molecule is [C-]#[N+]CC1CCCN(c2nc(OC[C@@H]3CCCN3C)nc3c2CCN(c2cccc4cccc(C)c24)C3)C1. The van der Waals surface area contributed by atoms with Gasteiger partial charge in [0, 0.05) is 48.2 Å². The van der Waals surface area contributed by atoms with E-state index in [2.05, 4.69) is 69.9 Å². The summed E-state index contributed by atoms with van der Waals surface area (Å²) in [5, 5.41) is 2.60. The Labute approximate surface area is 226 Å². The second kappa shape index (κ2) is 10.8. The molecule has 4 heterocycles. The van der Waals surface area contributed by atoms with Gasteiger partial charge in [0.15, 0.2) is 0 Å². The number of aromatic nitrogens is 2. The minimum Gasteiger partial charge on any atom is -0.462 e. The zero-order valence-electron chi connectivity index (χ0n) is 22.7. The smallest absolute Gasteiger partial charge is 0.318 e. The van der Waals surface area contributed by atoms with E-state index >= 15 is 0 Å². The normalized spacial score (nSPS) is 21.9. The molecule has 2 saturated heterocycles. The van der Waals surface area contributed by atoms with Crippen molar-refractivity contribution in [1.29, 1.82) is 0 Å². The van der Waals surface area contributed by atoms with Gasteiger partial charge in [0.1, 0.15) is 12.4 Å². The molecule has 0 saturated carbocycles. The maximum atomic E-state index is 7.38. The predicted molar refractivity (Wildman–Crippen MR) is 153 cm³/mol. The van der Waals surface area contributed by atoms with Crippen molar-refractivity contribution in [1.82, 2.24) is 14.9 Å². The van der Waals surface area contributed by atoms with Gasteiger partial charge in [-0.2, -0.15) is 9.97 Å². The number of fused-ring (bicyclic) bond motifs is 2. The molecule has 7 heteroatoms. The maximum absolute atomic E-state index is 7.38. The van der Waals surface area contributed by atoms with E-state index in [9.17, 15) is 0 Å². The highest BCUT2D eigenvalue weighted by molar-refractivity contribution is 5.97. The van der Waals surface area contributed by atoms with Crippen LogP contribution in [0.15, 0.2) is 36.4 Å². The fraction of sp³-hybridized carbons (Fsp3) is 0.516. The molecule has 38 heavy (non-hydrogen) atoms. The molecule has 0 aliphatic carbocycles. The first kappa shape index (κ1) is 24.9. The van der Waals surface area contributed by atoms with Crippen LogP contribution in [0.25, 0.3) is 15.6 Å². The average Bonchev–Trinajstić information content (AvgIpc) is 3.35. The lowest BCUT2D eigenvalue weighted by atomic mass is 9.96. The number of aryl methyl sites for hydroxylation is 1. The second-order valence-electron chi connectivity index (χ2n) is 11.3. The number of benzene rings is 2. The van der Waals surface area contributed by atoms with Crippen molar-refractivity contribution in [2.24, 2.45) is 5.92 Å². The van der Waals surface area contributed by atoms with Crippen LogP contribution in [0.2, 0.25) is 0 Å². The molecule has 7 nitrogen and oxygen atoms in total. The first-order valence-corrected chi connectivity index (χ1v) is 14.1. The van der Waals surface area contributed by atoms with Gasteiger partial charge in [-0.05, 0) is 69.6 Å². The third-order valence-corrected chi connectivity index (χ3v) is 8.70. The number of piperidine rings is 1. The lowest BCUT2D eigenvalue weighted by Gasteiger charge is -2.36. The second-order valence-corrected chi connectivity index (χ2v) is 11.3. The molecular weight excluding hydrogens is 472 g/mol. The number of nitrogens with zero attached hydrogens (tertiary/aromatic N) is 6. The predicted octanol–water partition coefficient (Wildman–Crippen LogP) is 5.11. The minimum absolute atomic E-state index is 0.405. The van der Waals surface area contributed by atoms with Crippen LogP contribution in [0.1, 0.15) is 42.5 Å². The van der Waals surface area contributed by atoms with Gasteiger partial charge in [-0.25, -0.2) is 6.57 Å². The standard InChI is InChI=1S/C31H38N6O/c1-22-8-4-10-24-11-5-13-28(29(22)24)36-17-14-26-27(20-36)33-31(38-21-25-12-7-15-35(25)3)34-30(26)37-16-6-9-23(19-37)18-32-2/h4-5,8,10-11,13,23,25H,6-7,9,12,14-21H2,1,3H3/t23?,25-/m0/s1. The summed E-state index contributed by atoms with van der Waals surface area (Å²) in [5.74, 6) is 1.44. The fourth-order valence-corrected chi connectivity index (χ4v) is 6.59. The highest BCUT2D eigenvalue weighted by Crippen LogP contribution is 2.36. The van der Waals surface area contributed by atoms with Gasteiger partial charge in [-0.3, -0.25) is 0 Å². The van der Waals surface area contributed by atoms with Crippen molar-refractivity contribution in [2.75, 3.05) is 56.2 Å². The van der Waals surface area contributed by atoms with E-state index in [0.717, 1.165) is 69.9 Å². The quantitative estimate of drug-likeness (QED) is 0.430. The molecule has 2 aromatic carbocycles. The number of hydrogen-bond donors (Lipinski definition) is 0. The van der Waals surface area contributed by atoms with Crippen LogP contribution >= 0.6 is 0 Å². The van der Waals surface area contributed by atoms with Crippen molar-refractivity contribution in [3.63, 3.8) is 0 Å². The summed E-state index contributed by atoms with van der Waals surface area (Å²) < 4.78 is 6.30. The van der Waals surface area contributed by atoms with Crippen LogP contribution in [-0.2, 0) is 13.0 Å². The first-order chi connectivity index (χ1) is 18.6. The molecule has 198 valence electrons. The Kier molecular flexibility index (Phi) is 7.08. The van der Waals surface area contributed by atoms with Crippen LogP contribution < -0.4 is 14.5 Å². The average molecular weight is 511 g/mol. The number of hydrogen-bond acceptors (Lipinski definition) is 6. The summed E-state index contributed by atoms with van der Waals surface area (Å²) in [7, 11) is 2.18. The van der Waals surface area contributed by atoms with Crippen LogP contribution in [0.5, 0.6) is 6.01 Å². The molecule has 1 aromatic heterocycles. The van der Waals surface area contributed by atoms with Crippen LogP contribution in [-0.4, -0.2) is 67.3 Å². The van der Waals surface area contributed by atoms with Gasteiger partial charge < -0.3 is 24.3 Å². The van der Waals surface area contributed by atoms with Crippen molar-refractivity contribution in [3.05, 3.63) is 64.6 Å². The summed E-state index contributed by atoms with van der Waals surface area (Å²) in [6.45, 7) is 15.5. The third kappa shape index (κ3) is 4.90. The summed E-state index contributed by atoms with van der Waals surface area (Å²) in [6, 6.07) is 14.1. The van der Waals surface area contributed by atoms with E-state index in [1.54, 1.807) is 0 Å². The Morgan fingerprint density at radius 1 is 1.03 bits per heavy atom. The number of rotatable bonds is 6. The number of likely N-dealkylation sites (tertiary alicyclic amines) is 1. The van der Waals surface area contributed by atoms with E-state index in [-0.39, 0.29) is 0 Å². The van der Waals surface area contributed by atoms with Crippen molar-refractivity contribution in [2.45, 2.75) is 51.6 Å². The van der Waals surface area contributed by atoms with Gasteiger partial charge in [0.25, 0.3) is 0 Å². The van der Waals surface area contributed by atoms with Crippen LogP contribution in [0.4, 0.5) is 11.5 Å². The van der Waals surface area contributed by atoms with E-state index < -0.39 is 0 Å². The maximum Gasteiger partial charge on any atom is 0.318 e. The molecule has 0 radical (unpaired) electrons. The monoisotopic (exact) mass is 510 g/mol. The highest BCUT2D eigenvalue weighted by atomic mass is 16.5. The number of ether oxygens (including phenoxy) is 1. The van der Waals surface area contributed by atoms with Gasteiger partial charge in [-0.15, -0.1) is 0 Å². The van der Waals surface area contributed by atoms with Gasteiger partial charge >= 0.3 is 6.01 Å². The number of likely N-dealkylation sites (N-methyl/N-ethyl adjacent to an activating group) is 1. The fourth-order valence-electron chi connectivity index (χ4n) is 6.59. The summed E-state index contributed by atoms with van der Waals surface area (Å²) in [6.07, 6.45) is 5.51. The summed E-state index contributed by atoms with van der Waals surface area (Å²) >= 11 is 0. The third-order valence-electron chi connectivity index (χ3n) is 8.70. The molecule has 2 atom stereocenters. The van der Waals surface area contributed by atoms with Gasteiger partial charge in [-0.1, -0.05) is 30.3 Å². The molecule has 0 N–H and O–H groups in total. The lowest BCUT2D eigenvalue weighted by Crippen LogP contribution is -2.39. The Bertz CT molecular complexity index is 1340. The van der Waals surface area contributed by atoms with E-state index in [0.29, 0.717) is 31.1 Å². The van der Waals surface area contributed by atoms with Crippen LogP contribution in [0, 0.1) is 19.4 Å². The number of anilines is 2. The van der Waals surface area contributed by atoms with Gasteiger partial charge in [0.2, 0.25) is 6.54 Å². The van der Waals surface area contributed by atoms with Crippen molar-refractivity contribution >= 4 is 22.3 Å². The molecule has 0 spiro atoms. The Balaban J connectivity index is 1.34. The van der Waals surface area contributed by atoms with Crippen molar-refractivity contribution in [3.8, 4) is 6.01 Å². The summed E-state index contributed by atoms with van der Waals surface area (Å²) in [4.78, 5) is 21.0. The van der Waals surface area contributed by atoms with E-state index in [1.807, 2.05) is 0 Å². The molecule has 6 rings (SSSR count). The molecular formula is C31H38N6O. The molecule has 3 aliphatic rings. The van der Waals surface area contributed by atoms with E-state index in [4.69, 9.17) is 21.3 Å². The largest absolute Gasteiger partial charge is 0.462 e. The highest BCUT2D eigenvalue weighted by Gasteiger charge is 2.30.